The van der Waals surface area contributed by atoms with Gasteiger partial charge in [0.25, 0.3) is 0 Å². The van der Waals surface area contributed by atoms with Crippen molar-refractivity contribution in [3.63, 3.8) is 0 Å². The van der Waals surface area contributed by atoms with Crippen molar-refractivity contribution in [1.82, 2.24) is 5.32 Å². The molecule has 76 heavy (non-hydrogen) atoms. The normalized spacial score (nSPS) is 19.7. The van der Waals surface area contributed by atoms with Crippen LogP contribution in [0.4, 0.5) is 0 Å². The van der Waals surface area contributed by atoms with Crippen LogP contribution in [0, 0.1) is 0 Å². The van der Waals surface area contributed by atoms with Gasteiger partial charge >= 0.3 is 5.97 Å². The second-order valence-electron chi connectivity index (χ2n) is 21.0. The molecule has 1 amide bonds. The second-order valence-corrected chi connectivity index (χ2v) is 21.0. The number of ether oxygens (including phenoxy) is 3. The first-order chi connectivity index (χ1) is 37.2. The van der Waals surface area contributed by atoms with Gasteiger partial charge in [0.05, 0.1) is 25.4 Å². The number of nitrogens with one attached hydrogen (secondary N) is 1. The molecular formula is C65H113NO10. The van der Waals surface area contributed by atoms with Gasteiger partial charge in [-0.2, -0.15) is 0 Å². The van der Waals surface area contributed by atoms with Crippen molar-refractivity contribution in [3.05, 3.63) is 85.1 Å². The summed E-state index contributed by atoms with van der Waals surface area (Å²) in [4.78, 5) is 26.5. The van der Waals surface area contributed by atoms with Crippen molar-refractivity contribution in [2.75, 3.05) is 13.2 Å². The quantitative estimate of drug-likeness (QED) is 0.0195. The molecule has 0 saturated carbocycles. The molecule has 0 aromatic carbocycles. The van der Waals surface area contributed by atoms with Crippen LogP contribution < -0.4 is 5.32 Å². The zero-order valence-corrected chi connectivity index (χ0v) is 48.3. The van der Waals surface area contributed by atoms with Gasteiger partial charge in [0, 0.05) is 6.42 Å². The molecule has 1 fully saturated rings. The van der Waals surface area contributed by atoms with E-state index in [1.807, 2.05) is 6.08 Å². The van der Waals surface area contributed by atoms with Crippen LogP contribution >= 0.6 is 0 Å². The van der Waals surface area contributed by atoms with E-state index in [4.69, 9.17) is 14.2 Å². The maximum atomic E-state index is 13.4. The van der Waals surface area contributed by atoms with Gasteiger partial charge in [-0.15, -0.1) is 0 Å². The lowest BCUT2D eigenvalue weighted by Gasteiger charge is -2.41. The number of hydrogen-bond donors (Lipinski definition) is 6. The van der Waals surface area contributed by atoms with Crippen LogP contribution in [0.3, 0.4) is 0 Å². The summed E-state index contributed by atoms with van der Waals surface area (Å²) in [5.74, 6) is -1.22. The average Bonchev–Trinajstić information content (AvgIpc) is 3.42. The molecule has 0 aromatic rings. The van der Waals surface area contributed by atoms with E-state index in [9.17, 15) is 35.1 Å². The number of carbonyl (C=O) groups is 2. The first-order valence-corrected chi connectivity index (χ1v) is 30.9. The number of aliphatic hydroxyl groups is 5. The molecule has 1 rings (SSSR count). The maximum Gasteiger partial charge on any atom is 0.306 e. The van der Waals surface area contributed by atoms with Crippen molar-refractivity contribution < 1.29 is 49.3 Å². The molecule has 6 N–H and O–H groups in total. The van der Waals surface area contributed by atoms with E-state index >= 15 is 0 Å². The molecule has 11 heteroatoms. The molecule has 1 saturated heterocycles. The van der Waals surface area contributed by atoms with Gasteiger partial charge in [0.2, 0.25) is 5.91 Å². The Morgan fingerprint density at radius 2 is 0.947 bits per heavy atom. The third kappa shape index (κ3) is 40.1. The molecule has 11 nitrogen and oxygen atoms in total. The summed E-state index contributed by atoms with van der Waals surface area (Å²) in [7, 11) is 0. The predicted octanol–water partition coefficient (Wildman–Crippen LogP) is 14.6. The van der Waals surface area contributed by atoms with Crippen LogP contribution in [0.1, 0.15) is 252 Å². The summed E-state index contributed by atoms with van der Waals surface area (Å²) < 4.78 is 17.6. The predicted molar refractivity (Wildman–Crippen MR) is 315 cm³/mol. The van der Waals surface area contributed by atoms with E-state index in [0.717, 1.165) is 128 Å². The van der Waals surface area contributed by atoms with Crippen molar-refractivity contribution in [1.29, 1.82) is 0 Å². The highest BCUT2D eigenvalue weighted by Crippen LogP contribution is 2.26. The van der Waals surface area contributed by atoms with E-state index in [1.165, 1.54) is 77.0 Å². The van der Waals surface area contributed by atoms with Crippen LogP contribution in [0.5, 0.6) is 0 Å². The van der Waals surface area contributed by atoms with Gasteiger partial charge in [-0.1, -0.05) is 234 Å². The lowest BCUT2D eigenvalue weighted by molar-refractivity contribution is -0.305. The molecule has 0 aromatic heterocycles. The standard InChI is InChI=1S/C65H113NO10/c1-4-7-10-13-16-19-22-24-26-27-28-29-30-31-32-33-34-37-40-43-46-49-52-58(69)64(73)66-56(57(68)51-48-45-42-39-36-21-18-15-12-9-6-3)55-74-65-63(62(72)61(71)59(54-67)75-65)76-60(70)53-50-47-44-41-38-35-25-23-20-17-14-11-8-5-2/h8,11,16-17,19-20,24,26,28-29,31-32,48,51,56-59,61-63,65,67-69,71-72H,4-7,9-10,12-15,18,21-23,25,27,30,33-47,49-50,52-55H2,1-3H3,(H,66,73)/b11-8+,19-16-,20-17+,26-24-,29-28-,32-31-,51-48+. The lowest BCUT2D eigenvalue weighted by atomic mass is 9.99. The average molecular weight is 1070 g/mol. The molecule has 0 aliphatic carbocycles. The molecular weight excluding hydrogens is 955 g/mol. The Bertz CT molecular complexity index is 1560. The van der Waals surface area contributed by atoms with E-state index in [-0.39, 0.29) is 19.4 Å². The number of aliphatic hydroxyl groups excluding tert-OH is 5. The molecule has 8 unspecified atom stereocenters. The third-order valence-electron chi connectivity index (χ3n) is 14.0. The fourth-order valence-electron chi connectivity index (χ4n) is 9.14. The van der Waals surface area contributed by atoms with Gasteiger partial charge in [0.1, 0.15) is 24.4 Å². The van der Waals surface area contributed by atoms with Gasteiger partial charge in [-0.25, -0.2) is 0 Å². The third-order valence-corrected chi connectivity index (χ3v) is 14.0. The lowest BCUT2D eigenvalue weighted by Crippen LogP contribution is -2.61. The fourth-order valence-corrected chi connectivity index (χ4v) is 9.14. The highest BCUT2D eigenvalue weighted by molar-refractivity contribution is 5.80. The summed E-state index contributed by atoms with van der Waals surface area (Å²) >= 11 is 0. The van der Waals surface area contributed by atoms with E-state index < -0.39 is 67.4 Å². The number of amides is 1. The molecule has 1 heterocycles. The first-order valence-electron chi connectivity index (χ1n) is 30.9. The Morgan fingerprint density at radius 1 is 0.526 bits per heavy atom. The number of carbonyl (C=O) groups excluding carboxylic acids is 2. The summed E-state index contributed by atoms with van der Waals surface area (Å²) in [5.41, 5.74) is 0. The van der Waals surface area contributed by atoms with Gasteiger partial charge < -0.3 is 45.1 Å². The number of unbranched alkanes of at least 4 members (excludes halogenated alkanes) is 25. The SMILES string of the molecule is CC/C=C/C/C=C/CCCCCCCCCC(=O)OC1C(OCC(NC(=O)C(O)CCCCCCCC/C=C\C/C=C\C/C=C\C/C=C\CCCCC)C(O)/C=C/CCCCCCCCCCC)OC(CO)C(O)C1O. The van der Waals surface area contributed by atoms with Crippen molar-refractivity contribution >= 4 is 11.9 Å². The molecule has 8 atom stereocenters. The number of allylic oxidation sites excluding steroid dienone is 13. The van der Waals surface area contributed by atoms with Gasteiger partial charge in [-0.05, 0) is 96.3 Å². The number of rotatable bonds is 51. The van der Waals surface area contributed by atoms with Crippen molar-refractivity contribution in [3.8, 4) is 0 Å². The van der Waals surface area contributed by atoms with Crippen LogP contribution in [0.2, 0.25) is 0 Å². The van der Waals surface area contributed by atoms with E-state index in [2.05, 4.69) is 99.0 Å². The minimum absolute atomic E-state index is 0.110. The Balaban J connectivity index is 2.67. The Hall–Kier alpha value is -3.16. The Kier molecular flexibility index (Phi) is 49.0. The minimum Gasteiger partial charge on any atom is -0.454 e. The topological polar surface area (TPSA) is 175 Å². The van der Waals surface area contributed by atoms with Gasteiger partial charge in [0.15, 0.2) is 12.4 Å². The molecule has 1 aliphatic rings. The molecule has 0 bridgehead atoms. The minimum atomic E-state index is -1.62. The highest BCUT2D eigenvalue weighted by Gasteiger charge is 2.47. The molecule has 438 valence electrons. The van der Waals surface area contributed by atoms with Crippen LogP contribution in [-0.2, 0) is 23.8 Å². The largest absolute Gasteiger partial charge is 0.454 e. The monoisotopic (exact) mass is 1070 g/mol. The van der Waals surface area contributed by atoms with Crippen molar-refractivity contribution in [2.24, 2.45) is 0 Å². The van der Waals surface area contributed by atoms with Crippen LogP contribution in [0.25, 0.3) is 0 Å². The van der Waals surface area contributed by atoms with Crippen LogP contribution in [0.15, 0.2) is 85.1 Å². The van der Waals surface area contributed by atoms with Gasteiger partial charge in [-0.3, -0.25) is 9.59 Å². The van der Waals surface area contributed by atoms with Crippen LogP contribution in [-0.4, -0.2) is 99.6 Å². The maximum absolute atomic E-state index is 13.4. The highest BCUT2D eigenvalue weighted by atomic mass is 16.7. The number of hydrogen-bond acceptors (Lipinski definition) is 10. The van der Waals surface area contributed by atoms with E-state index in [1.54, 1.807) is 6.08 Å². The molecule has 1 aliphatic heterocycles. The fraction of sp³-hybridized carbons (Fsp3) is 0.754. The summed E-state index contributed by atoms with van der Waals surface area (Å²) in [6.07, 6.45) is 57.6. The first kappa shape index (κ1) is 70.9. The molecule has 0 spiro atoms. The summed E-state index contributed by atoms with van der Waals surface area (Å²) in [6.45, 7) is 5.63. The second kappa shape index (κ2) is 52.5. The number of esters is 1. The summed E-state index contributed by atoms with van der Waals surface area (Å²) in [5, 5.41) is 56.9. The zero-order valence-electron chi connectivity index (χ0n) is 48.3. The van der Waals surface area contributed by atoms with E-state index in [0.29, 0.717) is 12.8 Å². The van der Waals surface area contributed by atoms with Crippen molar-refractivity contribution in [2.45, 2.75) is 301 Å². The Labute approximate surface area is 463 Å². The summed E-state index contributed by atoms with van der Waals surface area (Å²) in [6, 6.07) is -1.04. The molecule has 0 radical (unpaired) electrons. The smallest absolute Gasteiger partial charge is 0.306 e. The Morgan fingerprint density at radius 3 is 1.45 bits per heavy atom. The zero-order chi connectivity index (χ0) is 55.4.